The van der Waals surface area contributed by atoms with Gasteiger partial charge in [-0.05, 0) is 5.92 Å². The van der Waals surface area contributed by atoms with Gasteiger partial charge in [-0.15, -0.1) is 0 Å². The minimum Gasteiger partial charge on any atom is -0.298 e. The number of allylic oxidation sites excluding steroid dienone is 5. The van der Waals surface area contributed by atoms with E-state index in [-0.39, 0.29) is 0 Å². The highest BCUT2D eigenvalue weighted by Gasteiger charge is 1.83. The van der Waals surface area contributed by atoms with E-state index in [4.69, 9.17) is 0 Å². The van der Waals surface area contributed by atoms with Gasteiger partial charge in [0.05, 0.1) is 0 Å². The van der Waals surface area contributed by atoms with Gasteiger partial charge in [0.15, 0.2) is 0 Å². The summed E-state index contributed by atoms with van der Waals surface area (Å²) in [6.45, 7) is 7.66. The normalized spacial score (nSPS) is 12.5. The molecule has 0 spiro atoms. The Bertz CT molecular complexity index is 175. The topological polar surface area (TPSA) is 17.1 Å². The Labute approximate surface area is 68.1 Å². The molecule has 0 saturated carbocycles. The molecule has 0 aromatic heterocycles. The van der Waals surface area contributed by atoms with Gasteiger partial charge in [-0.1, -0.05) is 44.7 Å². The molecule has 11 heavy (non-hydrogen) atoms. The van der Waals surface area contributed by atoms with E-state index in [1.807, 2.05) is 12.2 Å². The first-order chi connectivity index (χ1) is 5.20. The van der Waals surface area contributed by atoms with Gasteiger partial charge in [0.1, 0.15) is 6.29 Å². The molecule has 0 heterocycles. The molecule has 0 amide bonds. The van der Waals surface area contributed by atoms with Crippen molar-refractivity contribution in [1.29, 1.82) is 0 Å². The Morgan fingerprint density at radius 2 is 2.09 bits per heavy atom. The van der Waals surface area contributed by atoms with Crippen LogP contribution in [-0.2, 0) is 4.79 Å². The van der Waals surface area contributed by atoms with Crippen molar-refractivity contribution in [2.24, 2.45) is 5.92 Å². The van der Waals surface area contributed by atoms with E-state index in [1.54, 1.807) is 6.08 Å². The maximum Gasteiger partial charge on any atom is 0.150 e. The largest absolute Gasteiger partial charge is 0.298 e. The molecule has 60 valence electrons. The van der Waals surface area contributed by atoms with E-state index in [0.717, 1.165) is 6.29 Å². The van der Waals surface area contributed by atoms with Crippen LogP contribution in [0.3, 0.4) is 0 Å². The van der Waals surface area contributed by atoms with E-state index < -0.39 is 0 Å². The highest BCUT2D eigenvalue weighted by Crippen LogP contribution is 1.96. The van der Waals surface area contributed by atoms with Crippen LogP contribution in [0.4, 0.5) is 0 Å². The average molecular weight is 150 g/mol. The van der Waals surface area contributed by atoms with Crippen LogP contribution in [0.15, 0.2) is 36.5 Å². The lowest BCUT2D eigenvalue weighted by atomic mass is 10.2. The number of rotatable bonds is 4. The zero-order valence-corrected chi connectivity index (χ0v) is 7.08. The van der Waals surface area contributed by atoms with Crippen molar-refractivity contribution in [1.82, 2.24) is 0 Å². The van der Waals surface area contributed by atoms with Gasteiger partial charge in [-0.3, -0.25) is 4.79 Å². The lowest BCUT2D eigenvalue weighted by molar-refractivity contribution is -0.104. The van der Waals surface area contributed by atoms with E-state index in [0.29, 0.717) is 11.5 Å². The standard InChI is InChI=1S/C10H14O/c1-4-10(8-11)7-5-6-9(2)3/h4-9H,1H2,2-3H3. The highest BCUT2D eigenvalue weighted by atomic mass is 16.1. The maximum absolute atomic E-state index is 10.2. The molecule has 0 atom stereocenters. The fraction of sp³-hybridized carbons (Fsp3) is 0.300. The number of hydrogen-bond donors (Lipinski definition) is 0. The van der Waals surface area contributed by atoms with Gasteiger partial charge in [-0.2, -0.15) is 0 Å². The summed E-state index contributed by atoms with van der Waals surface area (Å²) < 4.78 is 0. The first-order valence-corrected chi connectivity index (χ1v) is 3.66. The Morgan fingerprint density at radius 1 is 1.45 bits per heavy atom. The molecule has 0 unspecified atom stereocenters. The van der Waals surface area contributed by atoms with Crippen LogP contribution in [0.5, 0.6) is 0 Å². The van der Waals surface area contributed by atoms with Crippen molar-refractivity contribution in [3.8, 4) is 0 Å². The Kier molecular flexibility index (Phi) is 5.09. The molecule has 1 nitrogen and oxygen atoms in total. The van der Waals surface area contributed by atoms with Gasteiger partial charge in [0.2, 0.25) is 0 Å². The summed E-state index contributed by atoms with van der Waals surface area (Å²) in [5.74, 6) is 0.518. The van der Waals surface area contributed by atoms with Gasteiger partial charge < -0.3 is 0 Å². The zero-order valence-electron chi connectivity index (χ0n) is 7.08. The molecule has 0 N–H and O–H groups in total. The molecule has 1 heteroatoms. The molecule has 0 radical (unpaired) electrons. The van der Waals surface area contributed by atoms with Crippen LogP contribution in [-0.4, -0.2) is 6.29 Å². The predicted molar refractivity (Wildman–Crippen MR) is 48.3 cm³/mol. The molecule has 0 aliphatic carbocycles. The summed E-state index contributed by atoms with van der Waals surface area (Å²) in [5, 5.41) is 0. The monoisotopic (exact) mass is 150 g/mol. The molecule has 0 rings (SSSR count). The predicted octanol–water partition coefficient (Wildman–Crippen LogP) is 2.51. The van der Waals surface area contributed by atoms with Gasteiger partial charge >= 0.3 is 0 Å². The van der Waals surface area contributed by atoms with Gasteiger partial charge in [0, 0.05) is 5.57 Å². The number of carbonyl (C=O) groups excluding carboxylic acids is 1. The van der Waals surface area contributed by atoms with Crippen LogP contribution in [0.2, 0.25) is 0 Å². The SMILES string of the molecule is C=CC(C=O)=CC=CC(C)C. The van der Waals surface area contributed by atoms with Crippen molar-refractivity contribution < 1.29 is 4.79 Å². The van der Waals surface area contributed by atoms with E-state index in [1.165, 1.54) is 6.08 Å². The third-order valence-electron chi connectivity index (χ3n) is 1.16. The lowest BCUT2D eigenvalue weighted by Crippen LogP contribution is -1.78. The molecule has 0 aliphatic rings. The maximum atomic E-state index is 10.2. The second-order valence-corrected chi connectivity index (χ2v) is 2.62. The molecule has 0 aromatic rings. The quantitative estimate of drug-likeness (QED) is 0.342. The summed E-state index contributed by atoms with van der Waals surface area (Å²) in [6.07, 6.45) is 7.97. The first kappa shape index (κ1) is 9.89. The minimum atomic E-state index is 0.518. The summed E-state index contributed by atoms with van der Waals surface area (Å²) in [5.41, 5.74) is 0.613. The Hall–Kier alpha value is -1.11. The molecule has 0 aliphatic heterocycles. The fourth-order valence-electron chi connectivity index (χ4n) is 0.544. The summed E-state index contributed by atoms with van der Waals surface area (Å²) in [6, 6.07) is 0. The van der Waals surface area contributed by atoms with Crippen molar-refractivity contribution in [3.05, 3.63) is 36.5 Å². The third kappa shape index (κ3) is 5.34. The second-order valence-electron chi connectivity index (χ2n) is 2.62. The average Bonchev–Trinajstić information content (AvgIpc) is 1.98. The van der Waals surface area contributed by atoms with Crippen molar-refractivity contribution in [2.45, 2.75) is 13.8 Å². The second kappa shape index (κ2) is 5.66. The number of hydrogen-bond acceptors (Lipinski definition) is 1. The van der Waals surface area contributed by atoms with Crippen LogP contribution in [0.25, 0.3) is 0 Å². The first-order valence-electron chi connectivity index (χ1n) is 3.66. The fourth-order valence-corrected chi connectivity index (χ4v) is 0.544. The smallest absolute Gasteiger partial charge is 0.150 e. The summed E-state index contributed by atoms with van der Waals surface area (Å²) in [7, 11) is 0. The molecular weight excluding hydrogens is 136 g/mol. The van der Waals surface area contributed by atoms with Crippen molar-refractivity contribution in [2.75, 3.05) is 0 Å². The van der Waals surface area contributed by atoms with Gasteiger partial charge in [0.25, 0.3) is 0 Å². The van der Waals surface area contributed by atoms with E-state index >= 15 is 0 Å². The molecule has 0 bridgehead atoms. The Morgan fingerprint density at radius 3 is 2.45 bits per heavy atom. The highest BCUT2D eigenvalue weighted by molar-refractivity contribution is 5.77. The zero-order chi connectivity index (χ0) is 8.69. The van der Waals surface area contributed by atoms with Crippen LogP contribution < -0.4 is 0 Å². The molecule has 0 aromatic carbocycles. The van der Waals surface area contributed by atoms with Crippen LogP contribution in [0.1, 0.15) is 13.8 Å². The lowest BCUT2D eigenvalue weighted by Gasteiger charge is -1.90. The third-order valence-corrected chi connectivity index (χ3v) is 1.16. The number of aldehydes is 1. The van der Waals surface area contributed by atoms with E-state index in [9.17, 15) is 4.79 Å². The minimum absolute atomic E-state index is 0.518. The molecule has 0 saturated heterocycles. The molecule has 0 fully saturated rings. The number of carbonyl (C=O) groups is 1. The van der Waals surface area contributed by atoms with Crippen molar-refractivity contribution in [3.63, 3.8) is 0 Å². The van der Waals surface area contributed by atoms with Crippen LogP contribution in [0, 0.1) is 5.92 Å². The van der Waals surface area contributed by atoms with Crippen molar-refractivity contribution >= 4 is 6.29 Å². The van der Waals surface area contributed by atoms with Gasteiger partial charge in [-0.25, -0.2) is 0 Å². The van der Waals surface area contributed by atoms with E-state index in [2.05, 4.69) is 20.4 Å². The van der Waals surface area contributed by atoms with Crippen LogP contribution >= 0.6 is 0 Å². The summed E-state index contributed by atoms with van der Waals surface area (Å²) >= 11 is 0. The Balaban J connectivity index is 4.08. The molecular formula is C10H14O. The summed E-state index contributed by atoms with van der Waals surface area (Å²) in [4.78, 5) is 10.2.